The Morgan fingerprint density at radius 1 is 1.44 bits per heavy atom. The van der Waals surface area contributed by atoms with E-state index < -0.39 is 0 Å². The molecule has 4 nitrogen and oxygen atoms in total. The van der Waals surface area contributed by atoms with E-state index in [1.807, 2.05) is 24.3 Å². The van der Waals surface area contributed by atoms with Crippen molar-refractivity contribution < 1.29 is 9.53 Å². The molecule has 0 aliphatic rings. The molecular formula is C12H14N2O2. The number of rotatable bonds is 5. The zero-order valence-electron chi connectivity index (χ0n) is 9.19. The van der Waals surface area contributed by atoms with Crippen LogP contribution in [-0.2, 0) is 11.2 Å². The van der Waals surface area contributed by atoms with Crippen LogP contribution in [0.2, 0.25) is 0 Å². The summed E-state index contributed by atoms with van der Waals surface area (Å²) in [5.74, 6) is 0.591. The highest BCUT2D eigenvalue weighted by atomic mass is 16.5. The number of nitrogens with one attached hydrogen (secondary N) is 1. The van der Waals surface area contributed by atoms with E-state index in [0.717, 1.165) is 17.7 Å². The molecule has 1 rings (SSSR count). The van der Waals surface area contributed by atoms with Gasteiger partial charge in [-0.3, -0.25) is 4.79 Å². The SMILES string of the molecule is COc1ccc(CCNC(=O)CC#N)cc1. The number of hydrogen-bond donors (Lipinski definition) is 1. The average Bonchev–Trinajstić information content (AvgIpc) is 2.30. The predicted octanol–water partition coefficient (Wildman–Crippen LogP) is 1.27. The third kappa shape index (κ3) is 4.01. The minimum atomic E-state index is -0.226. The van der Waals surface area contributed by atoms with Crippen molar-refractivity contribution in [2.24, 2.45) is 0 Å². The van der Waals surface area contributed by atoms with Crippen LogP contribution in [0.25, 0.3) is 0 Å². The summed E-state index contributed by atoms with van der Waals surface area (Å²) in [6, 6.07) is 9.47. The molecule has 0 unspecified atom stereocenters. The van der Waals surface area contributed by atoms with Crippen LogP contribution in [0, 0.1) is 11.3 Å². The maximum atomic E-state index is 11.0. The third-order valence-corrected chi connectivity index (χ3v) is 2.13. The Morgan fingerprint density at radius 2 is 2.12 bits per heavy atom. The zero-order valence-corrected chi connectivity index (χ0v) is 9.19. The maximum absolute atomic E-state index is 11.0. The fourth-order valence-electron chi connectivity index (χ4n) is 1.27. The van der Waals surface area contributed by atoms with E-state index >= 15 is 0 Å². The molecule has 0 aromatic heterocycles. The average molecular weight is 218 g/mol. The van der Waals surface area contributed by atoms with E-state index in [9.17, 15) is 4.79 Å². The highest BCUT2D eigenvalue weighted by Gasteiger charge is 1.99. The number of carbonyl (C=O) groups is 1. The van der Waals surface area contributed by atoms with Crippen LogP contribution in [0.5, 0.6) is 5.75 Å². The fraction of sp³-hybridized carbons (Fsp3) is 0.333. The van der Waals surface area contributed by atoms with Gasteiger partial charge in [0.05, 0.1) is 13.2 Å². The van der Waals surface area contributed by atoms with E-state index in [-0.39, 0.29) is 12.3 Å². The molecule has 0 aliphatic carbocycles. The molecule has 0 heterocycles. The van der Waals surface area contributed by atoms with Crippen molar-refractivity contribution in [1.29, 1.82) is 5.26 Å². The monoisotopic (exact) mass is 218 g/mol. The van der Waals surface area contributed by atoms with Gasteiger partial charge in [0.2, 0.25) is 5.91 Å². The van der Waals surface area contributed by atoms with Gasteiger partial charge in [-0.1, -0.05) is 12.1 Å². The van der Waals surface area contributed by atoms with E-state index in [1.165, 1.54) is 0 Å². The van der Waals surface area contributed by atoms with Crippen molar-refractivity contribution in [3.05, 3.63) is 29.8 Å². The Labute approximate surface area is 94.8 Å². The standard InChI is InChI=1S/C12H14N2O2/c1-16-11-4-2-10(3-5-11)7-9-14-12(15)6-8-13/h2-5H,6-7,9H2,1H3,(H,14,15). The van der Waals surface area contributed by atoms with Crippen LogP contribution < -0.4 is 10.1 Å². The quantitative estimate of drug-likeness (QED) is 0.809. The lowest BCUT2D eigenvalue weighted by atomic mass is 10.1. The number of ether oxygens (including phenoxy) is 1. The summed E-state index contributed by atoms with van der Waals surface area (Å²) in [7, 11) is 1.62. The molecule has 1 aromatic rings. The summed E-state index contributed by atoms with van der Waals surface area (Å²) < 4.78 is 5.04. The van der Waals surface area contributed by atoms with Gasteiger partial charge in [0.25, 0.3) is 0 Å². The zero-order chi connectivity index (χ0) is 11.8. The summed E-state index contributed by atoms with van der Waals surface area (Å²) in [6.07, 6.45) is 0.670. The molecule has 0 saturated heterocycles. The molecule has 0 atom stereocenters. The molecular weight excluding hydrogens is 204 g/mol. The van der Waals surface area contributed by atoms with E-state index in [1.54, 1.807) is 13.2 Å². The highest BCUT2D eigenvalue weighted by molar-refractivity contribution is 5.77. The van der Waals surface area contributed by atoms with Crippen molar-refractivity contribution >= 4 is 5.91 Å². The van der Waals surface area contributed by atoms with Crippen molar-refractivity contribution in [2.45, 2.75) is 12.8 Å². The minimum Gasteiger partial charge on any atom is -0.497 e. The van der Waals surface area contributed by atoms with Gasteiger partial charge in [0.15, 0.2) is 0 Å². The molecule has 1 N–H and O–H groups in total. The topological polar surface area (TPSA) is 62.1 Å². The summed E-state index contributed by atoms with van der Waals surface area (Å²) in [4.78, 5) is 11.0. The molecule has 0 fully saturated rings. The molecule has 0 radical (unpaired) electrons. The summed E-state index contributed by atoms with van der Waals surface area (Å²) >= 11 is 0. The second-order valence-electron chi connectivity index (χ2n) is 3.28. The smallest absolute Gasteiger partial charge is 0.234 e. The van der Waals surface area contributed by atoms with Crippen LogP contribution in [0.1, 0.15) is 12.0 Å². The summed E-state index contributed by atoms with van der Waals surface area (Å²) in [6.45, 7) is 0.548. The molecule has 0 aliphatic heterocycles. The normalized spacial score (nSPS) is 9.25. The summed E-state index contributed by atoms with van der Waals surface area (Å²) in [5.41, 5.74) is 1.12. The summed E-state index contributed by atoms with van der Waals surface area (Å²) in [5, 5.41) is 11.0. The van der Waals surface area contributed by atoms with Gasteiger partial charge in [-0.2, -0.15) is 5.26 Å². The number of hydrogen-bond acceptors (Lipinski definition) is 3. The minimum absolute atomic E-state index is 0.0807. The molecule has 1 aromatic carbocycles. The first-order valence-electron chi connectivity index (χ1n) is 5.03. The van der Waals surface area contributed by atoms with E-state index in [2.05, 4.69) is 5.32 Å². The Bertz CT molecular complexity index is 379. The maximum Gasteiger partial charge on any atom is 0.234 e. The number of nitrogens with zero attached hydrogens (tertiary/aromatic N) is 1. The second-order valence-corrected chi connectivity index (χ2v) is 3.28. The third-order valence-electron chi connectivity index (χ3n) is 2.13. The van der Waals surface area contributed by atoms with Crippen LogP contribution >= 0.6 is 0 Å². The van der Waals surface area contributed by atoms with Gasteiger partial charge in [-0.15, -0.1) is 0 Å². The van der Waals surface area contributed by atoms with E-state index in [0.29, 0.717) is 6.54 Å². The van der Waals surface area contributed by atoms with Crippen LogP contribution in [-0.4, -0.2) is 19.6 Å². The predicted molar refractivity (Wildman–Crippen MR) is 59.9 cm³/mol. The number of amides is 1. The van der Waals surface area contributed by atoms with Crippen molar-refractivity contribution in [1.82, 2.24) is 5.32 Å². The second kappa shape index (κ2) is 6.46. The lowest BCUT2D eigenvalue weighted by Gasteiger charge is -2.04. The Balaban J connectivity index is 2.32. The van der Waals surface area contributed by atoms with Gasteiger partial charge in [-0.05, 0) is 24.1 Å². The number of carbonyl (C=O) groups excluding carboxylic acids is 1. The largest absolute Gasteiger partial charge is 0.497 e. The molecule has 0 saturated carbocycles. The van der Waals surface area contributed by atoms with Crippen LogP contribution in [0.3, 0.4) is 0 Å². The molecule has 16 heavy (non-hydrogen) atoms. The Kier molecular flexibility index (Phi) is 4.87. The lowest BCUT2D eigenvalue weighted by Crippen LogP contribution is -2.24. The van der Waals surface area contributed by atoms with Gasteiger partial charge in [0, 0.05) is 6.54 Å². The van der Waals surface area contributed by atoms with E-state index in [4.69, 9.17) is 10.00 Å². The fourth-order valence-corrected chi connectivity index (χ4v) is 1.27. The number of benzene rings is 1. The Morgan fingerprint density at radius 3 is 2.69 bits per heavy atom. The highest BCUT2D eigenvalue weighted by Crippen LogP contribution is 2.11. The number of methoxy groups -OCH3 is 1. The molecule has 1 amide bonds. The number of nitriles is 1. The Hall–Kier alpha value is -2.02. The lowest BCUT2D eigenvalue weighted by molar-refractivity contribution is -0.120. The van der Waals surface area contributed by atoms with Gasteiger partial charge in [-0.25, -0.2) is 0 Å². The molecule has 4 heteroatoms. The van der Waals surface area contributed by atoms with Gasteiger partial charge in [0.1, 0.15) is 12.2 Å². The molecule has 0 spiro atoms. The van der Waals surface area contributed by atoms with Crippen molar-refractivity contribution in [3.8, 4) is 11.8 Å². The van der Waals surface area contributed by atoms with Crippen molar-refractivity contribution in [2.75, 3.05) is 13.7 Å². The van der Waals surface area contributed by atoms with Crippen LogP contribution in [0.4, 0.5) is 0 Å². The first-order chi connectivity index (χ1) is 7.76. The molecule has 0 bridgehead atoms. The van der Waals surface area contributed by atoms with Gasteiger partial charge < -0.3 is 10.1 Å². The van der Waals surface area contributed by atoms with Crippen molar-refractivity contribution in [3.63, 3.8) is 0 Å². The molecule has 84 valence electrons. The first kappa shape index (κ1) is 12.1. The van der Waals surface area contributed by atoms with Crippen LogP contribution in [0.15, 0.2) is 24.3 Å². The van der Waals surface area contributed by atoms with Gasteiger partial charge >= 0.3 is 0 Å². The first-order valence-corrected chi connectivity index (χ1v) is 5.03.